The van der Waals surface area contributed by atoms with Gasteiger partial charge in [-0.2, -0.15) is 0 Å². The third kappa shape index (κ3) is 2.88. The predicted molar refractivity (Wildman–Crippen MR) is 59.5 cm³/mol. The summed E-state index contributed by atoms with van der Waals surface area (Å²) in [4.78, 5) is 13.9. The average Bonchev–Trinajstić information content (AvgIpc) is 2.82. The fourth-order valence-electron chi connectivity index (χ4n) is 1.73. The average molecular weight is 218 g/mol. The van der Waals surface area contributed by atoms with Gasteiger partial charge in [0.05, 0.1) is 0 Å². The van der Waals surface area contributed by atoms with Crippen molar-refractivity contribution in [3.05, 3.63) is 0 Å². The van der Waals surface area contributed by atoms with Crippen LogP contribution in [-0.2, 0) is 4.79 Å². The lowest BCUT2D eigenvalue weighted by atomic mass is 10.2. The second-order valence-corrected chi connectivity index (χ2v) is 4.87. The first-order valence-corrected chi connectivity index (χ1v) is 5.97. The van der Waals surface area contributed by atoms with Crippen LogP contribution >= 0.6 is 11.6 Å². The lowest BCUT2D eigenvalue weighted by Gasteiger charge is -2.26. The monoisotopic (exact) mass is 217 g/mol. The first-order valence-electron chi connectivity index (χ1n) is 5.44. The first-order chi connectivity index (χ1) is 6.57. The molecule has 1 rings (SSSR count). The molecule has 0 heterocycles. The van der Waals surface area contributed by atoms with Gasteiger partial charge in [0.25, 0.3) is 0 Å². The van der Waals surface area contributed by atoms with Crippen molar-refractivity contribution in [1.82, 2.24) is 4.90 Å². The quantitative estimate of drug-likeness (QED) is 0.648. The minimum atomic E-state index is 0.299. The van der Waals surface area contributed by atoms with E-state index in [-0.39, 0.29) is 0 Å². The number of carbonyl (C=O) groups excluding carboxylic acids is 1. The Morgan fingerprint density at radius 3 is 2.50 bits per heavy atom. The number of nitrogens with zero attached hydrogens (tertiary/aromatic N) is 1. The number of carbonyl (C=O) groups is 1. The topological polar surface area (TPSA) is 20.3 Å². The molecule has 0 aromatic heterocycles. The van der Waals surface area contributed by atoms with Crippen molar-refractivity contribution >= 4 is 17.5 Å². The Labute approximate surface area is 91.6 Å². The van der Waals surface area contributed by atoms with E-state index in [0.717, 1.165) is 19.4 Å². The highest BCUT2D eigenvalue weighted by atomic mass is 35.5. The number of halogens is 1. The van der Waals surface area contributed by atoms with Crippen molar-refractivity contribution in [2.75, 3.05) is 12.4 Å². The Hall–Kier alpha value is -0.240. The molecule has 3 heteroatoms. The fourth-order valence-corrected chi connectivity index (χ4v) is 1.85. The molecule has 1 aliphatic rings. The number of hydrogen-bond donors (Lipinski definition) is 0. The van der Waals surface area contributed by atoms with Crippen LogP contribution in [0.4, 0.5) is 0 Å². The van der Waals surface area contributed by atoms with Crippen LogP contribution in [0.2, 0.25) is 0 Å². The summed E-state index contributed by atoms with van der Waals surface area (Å²) in [7, 11) is 0. The van der Waals surface area contributed by atoms with Gasteiger partial charge in [-0.3, -0.25) is 4.79 Å². The molecule has 0 N–H and O–H groups in total. The Kier molecular flexibility index (Phi) is 4.24. The van der Waals surface area contributed by atoms with E-state index in [0.29, 0.717) is 29.7 Å². The van der Waals surface area contributed by atoms with E-state index in [4.69, 9.17) is 11.6 Å². The smallest absolute Gasteiger partial charge is 0.226 e. The van der Waals surface area contributed by atoms with Crippen LogP contribution in [0.3, 0.4) is 0 Å². The molecule has 0 aliphatic heterocycles. The molecular weight excluding hydrogens is 198 g/mol. The molecule has 0 bridgehead atoms. The first kappa shape index (κ1) is 11.8. The van der Waals surface area contributed by atoms with E-state index < -0.39 is 0 Å². The number of amides is 1. The second-order valence-electron chi connectivity index (χ2n) is 4.49. The van der Waals surface area contributed by atoms with Gasteiger partial charge in [0.2, 0.25) is 5.91 Å². The van der Waals surface area contributed by atoms with Crippen molar-refractivity contribution in [3.63, 3.8) is 0 Å². The molecule has 14 heavy (non-hydrogen) atoms. The third-order valence-corrected chi connectivity index (χ3v) is 3.13. The van der Waals surface area contributed by atoms with E-state index in [1.165, 1.54) is 0 Å². The molecular formula is C11H20ClNO. The zero-order chi connectivity index (χ0) is 10.7. The molecule has 0 aromatic rings. The molecule has 1 amide bonds. The molecule has 1 fully saturated rings. The van der Waals surface area contributed by atoms with Crippen molar-refractivity contribution in [1.29, 1.82) is 0 Å². The summed E-state index contributed by atoms with van der Waals surface area (Å²) in [6.45, 7) is 7.09. The highest BCUT2D eigenvalue weighted by molar-refractivity contribution is 6.17. The summed E-state index contributed by atoms with van der Waals surface area (Å²) in [6.07, 6.45) is 1.97. The van der Waals surface area contributed by atoms with Crippen LogP contribution in [-0.4, -0.2) is 29.3 Å². The van der Waals surface area contributed by atoms with E-state index in [9.17, 15) is 4.79 Å². The Morgan fingerprint density at radius 2 is 2.14 bits per heavy atom. The number of hydrogen-bond acceptors (Lipinski definition) is 1. The molecule has 0 radical (unpaired) electrons. The summed E-state index contributed by atoms with van der Waals surface area (Å²) < 4.78 is 0. The molecule has 0 saturated heterocycles. The molecule has 82 valence electrons. The summed E-state index contributed by atoms with van der Waals surface area (Å²) in [5.74, 6) is 1.86. The largest absolute Gasteiger partial charge is 0.340 e. The Morgan fingerprint density at radius 1 is 1.57 bits per heavy atom. The van der Waals surface area contributed by atoms with E-state index in [1.807, 2.05) is 4.90 Å². The minimum absolute atomic E-state index is 0.299. The van der Waals surface area contributed by atoms with Crippen molar-refractivity contribution in [2.45, 2.75) is 39.7 Å². The third-order valence-electron chi connectivity index (χ3n) is 2.87. The fraction of sp³-hybridized carbons (Fsp3) is 0.909. The number of alkyl halides is 1. The van der Waals surface area contributed by atoms with Crippen LogP contribution in [0.5, 0.6) is 0 Å². The van der Waals surface area contributed by atoms with Crippen molar-refractivity contribution in [3.8, 4) is 0 Å². The SMILES string of the molecule is CC1CC1C(=O)N(CCCCl)C(C)C. The maximum Gasteiger partial charge on any atom is 0.226 e. The summed E-state index contributed by atoms with van der Waals surface area (Å²) in [5, 5.41) is 0. The molecule has 2 unspecified atom stereocenters. The van der Waals surface area contributed by atoms with E-state index in [2.05, 4.69) is 20.8 Å². The van der Waals surface area contributed by atoms with Gasteiger partial charge in [-0.05, 0) is 32.6 Å². The summed E-state index contributed by atoms with van der Waals surface area (Å²) >= 11 is 5.64. The maximum absolute atomic E-state index is 11.9. The highest BCUT2D eigenvalue weighted by Crippen LogP contribution is 2.39. The van der Waals surface area contributed by atoms with Gasteiger partial charge >= 0.3 is 0 Å². The normalized spacial score (nSPS) is 25.2. The van der Waals surface area contributed by atoms with Gasteiger partial charge in [-0.15, -0.1) is 11.6 Å². The molecule has 1 saturated carbocycles. The maximum atomic E-state index is 11.9. The van der Waals surface area contributed by atoms with Crippen LogP contribution in [0.25, 0.3) is 0 Å². The molecule has 0 spiro atoms. The van der Waals surface area contributed by atoms with Gasteiger partial charge in [0, 0.05) is 24.4 Å². The van der Waals surface area contributed by atoms with Gasteiger partial charge in [0.15, 0.2) is 0 Å². The molecule has 0 aromatic carbocycles. The zero-order valence-corrected chi connectivity index (χ0v) is 10.0. The van der Waals surface area contributed by atoms with Crippen LogP contribution < -0.4 is 0 Å². The second kappa shape index (κ2) is 5.01. The van der Waals surface area contributed by atoms with Gasteiger partial charge in [0.1, 0.15) is 0 Å². The van der Waals surface area contributed by atoms with Crippen LogP contribution in [0.15, 0.2) is 0 Å². The van der Waals surface area contributed by atoms with E-state index >= 15 is 0 Å². The van der Waals surface area contributed by atoms with Crippen molar-refractivity contribution in [2.24, 2.45) is 11.8 Å². The number of rotatable bonds is 5. The summed E-state index contributed by atoms with van der Waals surface area (Å²) in [6, 6.07) is 0.304. The highest BCUT2D eigenvalue weighted by Gasteiger charge is 2.41. The molecule has 1 aliphatic carbocycles. The predicted octanol–water partition coefficient (Wildman–Crippen LogP) is 2.51. The molecule has 2 atom stereocenters. The lowest BCUT2D eigenvalue weighted by molar-refractivity contribution is -0.134. The lowest BCUT2D eigenvalue weighted by Crippen LogP contribution is -2.39. The van der Waals surface area contributed by atoms with Gasteiger partial charge < -0.3 is 4.90 Å². The van der Waals surface area contributed by atoms with Crippen molar-refractivity contribution < 1.29 is 4.79 Å². The van der Waals surface area contributed by atoms with Gasteiger partial charge in [-0.1, -0.05) is 6.92 Å². The standard InChI is InChI=1S/C11H20ClNO/c1-8(2)13(6-4-5-12)11(14)10-7-9(10)3/h8-10H,4-7H2,1-3H3. The Balaban J connectivity index is 2.45. The Bertz CT molecular complexity index is 205. The molecule has 2 nitrogen and oxygen atoms in total. The summed E-state index contributed by atoms with van der Waals surface area (Å²) in [5.41, 5.74) is 0. The van der Waals surface area contributed by atoms with Crippen LogP contribution in [0.1, 0.15) is 33.6 Å². The minimum Gasteiger partial charge on any atom is -0.340 e. The van der Waals surface area contributed by atoms with Crippen LogP contribution in [0, 0.1) is 11.8 Å². The van der Waals surface area contributed by atoms with Gasteiger partial charge in [-0.25, -0.2) is 0 Å². The zero-order valence-electron chi connectivity index (χ0n) is 9.29. The van der Waals surface area contributed by atoms with E-state index in [1.54, 1.807) is 0 Å².